The van der Waals surface area contributed by atoms with Gasteiger partial charge in [0.1, 0.15) is 11.6 Å². The second-order valence-corrected chi connectivity index (χ2v) is 4.74. The highest BCUT2D eigenvalue weighted by atomic mass is 32.2. The summed E-state index contributed by atoms with van der Waals surface area (Å²) in [5.74, 6) is 1.42. The van der Waals surface area contributed by atoms with Crippen LogP contribution in [-0.4, -0.2) is 7.05 Å². The van der Waals surface area contributed by atoms with E-state index in [-0.39, 0.29) is 5.82 Å². The summed E-state index contributed by atoms with van der Waals surface area (Å²) >= 11 is 1.57. The fourth-order valence-electron chi connectivity index (χ4n) is 1.56. The predicted octanol–water partition coefficient (Wildman–Crippen LogP) is 3.43. The van der Waals surface area contributed by atoms with Gasteiger partial charge in [0, 0.05) is 11.4 Å². The van der Waals surface area contributed by atoms with Crippen LogP contribution in [0.4, 0.5) is 4.39 Å². The van der Waals surface area contributed by atoms with Gasteiger partial charge in [0.25, 0.3) is 0 Å². The van der Waals surface area contributed by atoms with Crippen molar-refractivity contribution >= 4 is 11.8 Å². The van der Waals surface area contributed by atoms with E-state index in [1.165, 1.54) is 0 Å². The molecule has 0 unspecified atom stereocenters. The second-order valence-electron chi connectivity index (χ2n) is 3.69. The van der Waals surface area contributed by atoms with Gasteiger partial charge in [0.2, 0.25) is 0 Å². The van der Waals surface area contributed by atoms with E-state index in [0.29, 0.717) is 6.54 Å². The summed E-state index contributed by atoms with van der Waals surface area (Å²) in [5, 5.41) is 3.01. The van der Waals surface area contributed by atoms with Crippen molar-refractivity contribution in [2.75, 3.05) is 7.05 Å². The van der Waals surface area contributed by atoms with Gasteiger partial charge in [-0.3, -0.25) is 0 Å². The summed E-state index contributed by atoms with van der Waals surface area (Å²) in [6, 6.07) is 8.86. The maximum atomic E-state index is 13.4. The van der Waals surface area contributed by atoms with Crippen molar-refractivity contribution in [3.8, 4) is 0 Å². The summed E-state index contributed by atoms with van der Waals surface area (Å²) in [5.41, 5.74) is 0.953. The fraction of sp³-hybridized carbons (Fsp3) is 0.231. The zero-order chi connectivity index (χ0) is 12.1. The second kappa shape index (κ2) is 5.89. The molecule has 0 aliphatic rings. The number of benzene rings is 1. The average Bonchev–Trinajstić information content (AvgIpc) is 2.79. The SMILES string of the molecule is CNCc1cc(F)cc(SCc2ccco2)c1. The first-order valence-electron chi connectivity index (χ1n) is 5.37. The lowest BCUT2D eigenvalue weighted by atomic mass is 10.2. The predicted molar refractivity (Wildman–Crippen MR) is 67.4 cm³/mol. The summed E-state index contributed by atoms with van der Waals surface area (Å²) in [7, 11) is 1.85. The van der Waals surface area contributed by atoms with E-state index in [4.69, 9.17) is 4.42 Å². The Labute approximate surface area is 104 Å². The van der Waals surface area contributed by atoms with Gasteiger partial charge in [-0.25, -0.2) is 4.39 Å². The van der Waals surface area contributed by atoms with Gasteiger partial charge >= 0.3 is 0 Å². The van der Waals surface area contributed by atoms with Crippen LogP contribution in [0.2, 0.25) is 0 Å². The Bertz CT molecular complexity index is 470. The number of hydrogen-bond acceptors (Lipinski definition) is 3. The zero-order valence-electron chi connectivity index (χ0n) is 9.57. The molecule has 0 amide bonds. The van der Waals surface area contributed by atoms with Gasteiger partial charge in [-0.2, -0.15) is 0 Å². The van der Waals surface area contributed by atoms with Crippen LogP contribution >= 0.6 is 11.8 Å². The molecule has 0 atom stereocenters. The molecule has 1 heterocycles. The molecule has 0 bridgehead atoms. The van der Waals surface area contributed by atoms with Crippen LogP contribution < -0.4 is 5.32 Å². The van der Waals surface area contributed by atoms with Crippen molar-refractivity contribution in [2.45, 2.75) is 17.2 Å². The van der Waals surface area contributed by atoms with E-state index in [0.717, 1.165) is 22.0 Å². The topological polar surface area (TPSA) is 25.2 Å². The van der Waals surface area contributed by atoms with Gasteiger partial charge in [0.15, 0.2) is 0 Å². The van der Waals surface area contributed by atoms with Crippen LogP contribution in [0.1, 0.15) is 11.3 Å². The minimum Gasteiger partial charge on any atom is -0.468 e. The lowest BCUT2D eigenvalue weighted by molar-refractivity contribution is 0.530. The molecule has 1 aromatic heterocycles. The molecular weight excluding hydrogens is 237 g/mol. The van der Waals surface area contributed by atoms with E-state index >= 15 is 0 Å². The number of nitrogens with one attached hydrogen (secondary N) is 1. The molecule has 0 saturated carbocycles. The van der Waals surface area contributed by atoms with Crippen LogP contribution in [0.5, 0.6) is 0 Å². The summed E-state index contributed by atoms with van der Waals surface area (Å²) in [6.07, 6.45) is 1.65. The normalized spacial score (nSPS) is 10.7. The quantitative estimate of drug-likeness (QED) is 0.824. The third-order valence-corrected chi connectivity index (χ3v) is 3.27. The number of furan rings is 1. The molecule has 0 aliphatic carbocycles. The maximum absolute atomic E-state index is 13.4. The number of thioether (sulfide) groups is 1. The Morgan fingerprint density at radius 1 is 1.35 bits per heavy atom. The number of halogens is 1. The molecule has 0 fully saturated rings. The van der Waals surface area contributed by atoms with E-state index in [1.54, 1.807) is 30.2 Å². The minimum atomic E-state index is -0.195. The van der Waals surface area contributed by atoms with Crippen LogP contribution in [0.25, 0.3) is 0 Å². The summed E-state index contributed by atoms with van der Waals surface area (Å²) in [4.78, 5) is 0.923. The first kappa shape index (κ1) is 12.2. The molecule has 2 nitrogen and oxygen atoms in total. The van der Waals surface area contributed by atoms with Crippen molar-refractivity contribution in [3.63, 3.8) is 0 Å². The lowest BCUT2D eigenvalue weighted by Crippen LogP contribution is -2.05. The molecule has 1 N–H and O–H groups in total. The summed E-state index contributed by atoms with van der Waals surface area (Å²) < 4.78 is 18.6. The zero-order valence-corrected chi connectivity index (χ0v) is 10.4. The lowest BCUT2D eigenvalue weighted by Gasteiger charge is -2.05. The molecule has 4 heteroatoms. The minimum absolute atomic E-state index is 0.195. The van der Waals surface area contributed by atoms with E-state index < -0.39 is 0 Å². The first-order chi connectivity index (χ1) is 8.28. The molecule has 0 radical (unpaired) electrons. The van der Waals surface area contributed by atoms with Crippen LogP contribution in [0.15, 0.2) is 45.9 Å². The Morgan fingerprint density at radius 2 is 2.24 bits per heavy atom. The molecule has 0 spiro atoms. The van der Waals surface area contributed by atoms with Crippen molar-refractivity contribution in [2.24, 2.45) is 0 Å². The third kappa shape index (κ3) is 3.61. The van der Waals surface area contributed by atoms with Gasteiger partial charge in [-0.15, -0.1) is 11.8 Å². The van der Waals surface area contributed by atoms with Crippen molar-refractivity contribution < 1.29 is 8.81 Å². The standard InChI is InChI=1S/C13H14FNOS/c1-15-8-10-5-11(14)7-13(6-10)17-9-12-3-2-4-16-12/h2-7,15H,8-9H2,1H3. The summed E-state index contributed by atoms with van der Waals surface area (Å²) in [6.45, 7) is 0.673. The van der Waals surface area contributed by atoms with E-state index in [1.807, 2.05) is 25.2 Å². The fourth-order valence-corrected chi connectivity index (χ4v) is 2.46. The molecule has 90 valence electrons. The van der Waals surface area contributed by atoms with Gasteiger partial charge in [0.05, 0.1) is 12.0 Å². The molecule has 0 saturated heterocycles. The maximum Gasteiger partial charge on any atom is 0.124 e. The Hall–Kier alpha value is -1.26. The molecule has 2 aromatic rings. The monoisotopic (exact) mass is 251 g/mol. The van der Waals surface area contributed by atoms with E-state index in [9.17, 15) is 4.39 Å². The molecule has 0 aliphatic heterocycles. The Balaban J connectivity index is 2.04. The largest absolute Gasteiger partial charge is 0.468 e. The Kier molecular flexibility index (Phi) is 4.23. The Morgan fingerprint density at radius 3 is 2.94 bits per heavy atom. The third-order valence-electron chi connectivity index (χ3n) is 2.27. The van der Waals surface area contributed by atoms with E-state index in [2.05, 4.69) is 5.32 Å². The first-order valence-corrected chi connectivity index (χ1v) is 6.36. The van der Waals surface area contributed by atoms with Crippen molar-refractivity contribution in [3.05, 3.63) is 53.7 Å². The van der Waals surface area contributed by atoms with Crippen molar-refractivity contribution in [1.29, 1.82) is 0 Å². The van der Waals surface area contributed by atoms with Gasteiger partial charge < -0.3 is 9.73 Å². The van der Waals surface area contributed by atoms with Gasteiger partial charge in [-0.1, -0.05) is 0 Å². The van der Waals surface area contributed by atoms with Gasteiger partial charge in [-0.05, 0) is 42.9 Å². The van der Waals surface area contributed by atoms with Crippen molar-refractivity contribution in [1.82, 2.24) is 5.32 Å². The van der Waals surface area contributed by atoms with Crippen LogP contribution in [-0.2, 0) is 12.3 Å². The average molecular weight is 251 g/mol. The molecule has 17 heavy (non-hydrogen) atoms. The molecule has 1 aromatic carbocycles. The highest BCUT2D eigenvalue weighted by Gasteiger charge is 2.03. The number of hydrogen-bond donors (Lipinski definition) is 1. The highest BCUT2D eigenvalue weighted by Crippen LogP contribution is 2.25. The number of rotatable bonds is 5. The van der Waals surface area contributed by atoms with Crippen LogP contribution in [0.3, 0.4) is 0 Å². The molecule has 2 rings (SSSR count). The highest BCUT2D eigenvalue weighted by molar-refractivity contribution is 7.98. The smallest absolute Gasteiger partial charge is 0.124 e. The van der Waals surface area contributed by atoms with Crippen LogP contribution in [0, 0.1) is 5.82 Å². The molecular formula is C13H14FNOS.